The van der Waals surface area contributed by atoms with Gasteiger partial charge in [-0.1, -0.05) is 160 Å². The van der Waals surface area contributed by atoms with Crippen molar-refractivity contribution in [1.29, 1.82) is 0 Å². The van der Waals surface area contributed by atoms with Crippen molar-refractivity contribution in [2.75, 3.05) is 0 Å². The van der Waals surface area contributed by atoms with E-state index in [0.29, 0.717) is 5.56 Å². The van der Waals surface area contributed by atoms with Crippen molar-refractivity contribution < 1.29 is 28.6 Å². The number of hydrogen-bond acceptors (Lipinski definition) is 4. The smallest absolute Gasteiger partial charge is 0.128 e. The standard InChI is InChI=1S/C30H22NO.C21H20NSSi.Ir/c1-30(2,21-10-4-3-5-11-21)22-17-18-31-27(19-22)26-14-8-13-24-25-16-15-20-9-6-7-12-23(20)28(25)32-29(24)26;1-14-9-11-16(18-12-10-15(13-22-18)24(2,3)4)21-20(14)17-7-5-6-8-19(17)23-21;/h3-13,15-19H,1-2H3;5-10,12-13H,1-4H3;/q2*-1;/i;1D3;. The molecule has 0 bridgehead atoms. The van der Waals surface area contributed by atoms with Crippen LogP contribution in [0, 0.1) is 19.0 Å². The first kappa shape index (κ1) is 35.0. The van der Waals surface area contributed by atoms with Gasteiger partial charge in [-0.05, 0) is 55.3 Å². The average Bonchev–Trinajstić information content (AvgIpc) is 3.83. The third-order valence-corrected chi connectivity index (χ3v) is 14.1. The first-order valence-corrected chi connectivity index (χ1v) is 23.2. The van der Waals surface area contributed by atoms with E-state index in [0.717, 1.165) is 70.0 Å². The summed E-state index contributed by atoms with van der Waals surface area (Å²) in [6.45, 7) is 9.21. The molecule has 57 heavy (non-hydrogen) atoms. The number of pyridine rings is 2. The van der Waals surface area contributed by atoms with Gasteiger partial charge in [0, 0.05) is 57.5 Å². The van der Waals surface area contributed by atoms with Gasteiger partial charge in [0.2, 0.25) is 0 Å². The zero-order chi connectivity index (χ0) is 41.1. The molecule has 0 saturated heterocycles. The van der Waals surface area contributed by atoms with Crippen LogP contribution in [0.2, 0.25) is 19.6 Å². The Morgan fingerprint density at radius 2 is 1.44 bits per heavy atom. The minimum absolute atomic E-state index is 0. The fourth-order valence-corrected chi connectivity index (χ4v) is 9.85. The van der Waals surface area contributed by atoms with Gasteiger partial charge in [-0.15, -0.1) is 41.5 Å². The normalized spacial score (nSPS) is 12.9. The number of rotatable bonds is 5. The Kier molecular flexibility index (Phi) is 9.36. The van der Waals surface area contributed by atoms with E-state index in [4.69, 9.17) is 18.5 Å². The van der Waals surface area contributed by atoms with Gasteiger partial charge < -0.3 is 14.4 Å². The molecule has 10 rings (SSSR count). The van der Waals surface area contributed by atoms with Crippen molar-refractivity contribution in [3.63, 3.8) is 0 Å². The van der Waals surface area contributed by atoms with Gasteiger partial charge in [-0.3, -0.25) is 0 Å². The molecule has 4 aromatic heterocycles. The van der Waals surface area contributed by atoms with Gasteiger partial charge in [-0.2, -0.15) is 11.3 Å². The molecule has 1 radical (unpaired) electrons. The predicted molar refractivity (Wildman–Crippen MR) is 241 cm³/mol. The van der Waals surface area contributed by atoms with Crippen molar-refractivity contribution in [3.8, 4) is 22.5 Å². The molecular weight excluding hydrogens is 909 g/mol. The molecule has 10 aromatic rings. The van der Waals surface area contributed by atoms with Crippen LogP contribution in [0.4, 0.5) is 0 Å². The minimum atomic E-state index is -2.17. The number of fused-ring (bicyclic) bond motifs is 8. The second-order valence-corrected chi connectivity index (χ2v) is 22.0. The van der Waals surface area contributed by atoms with Crippen LogP contribution in [0.5, 0.6) is 0 Å². The molecule has 6 heteroatoms. The van der Waals surface area contributed by atoms with Crippen molar-refractivity contribution in [1.82, 2.24) is 9.97 Å². The topological polar surface area (TPSA) is 38.9 Å². The molecule has 283 valence electrons. The van der Waals surface area contributed by atoms with E-state index in [-0.39, 0.29) is 25.5 Å². The number of thiophene rings is 1. The Bertz CT molecular complexity index is 3170. The average molecular weight is 954 g/mol. The van der Waals surface area contributed by atoms with Crippen LogP contribution >= 0.6 is 11.3 Å². The molecule has 4 heterocycles. The van der Waals surface area contributed by atoms with Crippen LogP contribution in [0.1, 0.15) is 34.7 Å². The molecule has 6 aromatic carbocycles. The van der Waals surface area contributed by atoms with Gasteiger partial charge in [-0.25, -0.2) is 0 Å². The molecule has 0 amide bonds. The number of benzene rings is 6. The predicted octanol–water partition coefficient (Wildman–Crippen LogP) is 13.7. The molecule has 3 nitrogen and oxygen atoms in total. The van der Waals surface area contributed by atoms with Crippen molar-refractivity contribution >= 4 is 77.5 Å². The number of hydrogen-bond donors (Lipinski definition) is 0. The molecule has 0 fully saturated rings. The summed E-state index contributed by atoms with van der Waals surface area (Å²) >= 11 is 1.61. The fraction of sp³-hybridized carbons (Fsp3) is 0.137. The van der Waals surface area contributed by atoms with Crippen molar-refractivity contribution in [2.24, 2.45) is 0 Å². The van der Waals surface area contributed by atoms with Crippen LogP contribution in [-0.2, 0) is 25.5 Å². The van der Waals surface area contributed by atoms with Gasteiger partial charge in [0.1, 0.15) is 5.58 Å². The van der Waals surface area contributed by atoms with E-state index in [1.165, 1.54) is 21.7 Å². The summed E-state index contributed by atoms with van der Waals surface area (Å²) < 4.78 is 32.4. The van der Waals surface area contributed by atoms with Gasteiger partial charge >= 0.3 is 0 Å². The molecule has 0 saturated carbocycles. The molecule has 0 aliphatic heterocycles. The Hall–Kier alpha value is -5.23. The van der Waals surface area contributed by atoms with E-state index >= 15 is 0 Å². The van der Waals surface area contributed by atoms with Gasteiger partial charge in [0.05, 0.1) is 13.7 Å². The molecule has 0 N–H and O–H groups in total. The second-order valence-electron chi connectivity index (χ2n) is 15.8. The van der Waals surface area contributed by atoms with Gasteiger partial charge in [0.25, 0.3) is 0 Å². The monoisotopic (exact) mass is 954 g/mol. The summed E-state index contributed by atoms with van der Waals surface area (Å²) in [4.78, 5) is 9.41. The zero-order valence-electron chi connectivity index (χ0n) is 35.4. The SMILES string of the molecule is CC(C)(c1ccccc1)c1ccnc(-c2[c-]ccc3c2oc2c4ccccc4ccc32)c1.[2H]C([2H])([2H])c1c[c-]c(-c2ccc([Si](C)(C)C)cn2)c2sc3ccccc3c12.[Ir]. The Balaban J connectivity index is 0.000000166. The summed E-state index contributed by atoms with van der Waals surface area (Å²) in [6, 6.07) is 52.0. The zero-order valence-corrected chi connectivity index (χ0v) is 36.6. The van der Waals surface area contributed by atoms with Crippen LogP contribution in [0.15, 0.2) is 150 Å². The van der Waals surface area contributed by atoms with E-state index in [9.17, 15) is 0 Å². The maximum absolute atomic E-state index is 7.95. The van der Waals surface area contributed by atoms with Gasteiger partial charge in [0.15, 0.2) is 0 Å². The Morgan fingerprint density at radius 1 is 0.684 bits per heavy atom. The molecule has 0 aliphatic rings. The maximum atomic E-state index is 7.95. The maximum Gasteiger partial charge on any atom is 0.128 e. The van der Waals surface area contributed by atoms with E-state index in [1.54, 1.807) is 17.4 Å². The fourth-order valence-electron chi connectivity index (χ4n) is 7.58. The third kappa shape index (κ3) is 7.06. The van der Waals surface area contributed by atoms with E-state index in [1.807, 2.05) is 48.8 Å². The first-order valence-electron chi connectivity index (χ1n) is 20.4. The van der Waals surface area contributed by atoms with Crippen molar-refractivity contribution in [3.05, 3.63) is 175 Å². The molecule has 0 unspecified atom stereocenters. The molecule has 0 atom stereocenters. The summed E-state index contributed by atoms with van der Waals surface area (Å²) in [5.41, 5.74) is 7.94. The summed E-state index contributed by atoms with van der Waals surface area (Å²) in [5, 5.41) is 7.60. The quantitative estimate of drug-likeness (QED) is 0.127. The number of nitrogens with zero attached hydrogens (tertiary/aromatic N) is 2. The Morgan fingerprint density at radius 3 is 2.21 bits per heavy atom. The van der Waals surface area contributed by atoms with Crippen LogP contribution in [0.3, 0.4) is 0 Å². The number of aromatic nitrogens is 2. The summed E-state index contributed by atoms with van der Waals surface area (Å²) in [5.74, 6) is 0. The molecule has 0 aliphatic carbocycles. The van der Waals surface area contributed by atoms with Crippen LogP contribution < -0.4 is 5.19 Å². The largest absolute Gasteiger partial charge is 0.500 e. The first-order chi connectivity index (χ1) is 28.3. The van der Waals surface area contributed by atoms with E-state index < -0.39 is 14.9 Å². The minimum Gasteiger partial charge on any atom is -0.500 e. The number of furan rings is 1. The van der Waals surface area contributed by atoms with E-state index in [2.05, 4.69) is 137 Å². The molecular formula is C51H42IrN2OSSi-2. The third-order valence-electron chi connectivity index (χ3n) is 10.9. The molecule has 0 spiro atoms. The summed E-state index contributed by atoms with van der Waals surface area (Å²) in [7, 11) is -1.42. The number of aryl methyl sites for hydroxylation is 1. The van der Waals surface area contributed by atoms with Crippen LogP contribution in [-0.4, -0.2) is 18.0 Å². The van der Waals surface area contributed by atoms with Crippen molar-refractivity contribution in [2.45, 2.75) is 45.8 Å². The second kappa shape index (κ2) is 15.3. The van der Waals surface area contributed by atoms with Crippen LogP contribution in [0.25, 0.3) is 75.4 Å². The summed E-state index contributed by atoms with van der Waals surface area (Å²) in [6.07, 6.45) is 3.85. The Labute approximate surface area is 357 Å².